The molecule has 1 unspecified atom stereocenters. The number of aryl methyl sites for hydroxylation is 1. The predicted octanol–water partition coefficient (Wildman–Crippen LogP) is 3.11. The minimum Gasteiger partial charge on any atom is -0.299 e. The summed E-state index contributed by atoms with van der Waals surface area (Å²) in [4.78, 5) is 22.7. The smallest absolute Gasteiger partial charge is 0.211 e. The number of nitrogens with zero attached hydrogens (tertiary/aromatic N) is 1. The van der Waals surface area contributed by atoms with Crippen molar-refractivity contribution in [3.8, 4) is 0 Å². The Hall–Kier alpha value is -1.71. The molecule has 4 nitrogen and oxygen atoms in total. The summed E-state index contributed by atoms with van der Waals surface area (Å²) in [6, 6.07) is 7.75. The second-order valence-corrected chi connectivity index (χ2v) is 5.35. The molecule has 4 heteroatoms. The van der Waals surface area contributed by atoms with Crippen molar-refractivity contribution < 1.29 is 9.72 Å². The van der Waals surface area contributed by atoms with Crippen molar-refractivity contribution in [1.82, 2.24) is 0 Å². The normalized spacial score (nSPS) is 21.1. The molecule has 1 fully saturated rings. The number of hydrogen-bond donors (Lipinski definition) is 0. The Morgan fingerprint density at radius 3 is 2.84 bits per heavy atom. The molecule has 0 amide bonds. The van der Waals surface area contributed by atoms with Crippen LogP contribution in [0.2, 0.25) is 0 Å². The van der Waals surface area contributed by atoms with E-state index in [0.717, 1.165) is 30.4 Å². The van der Waals surface area contributed by atoms with Crippen molar-refractivity contribution in [3.63, 3.8) is 0 Å². The Balaban J connectivity index is 2.29. The minimum atomic E-state index is -0.297. The zero-order valence-corrected chi connectivity index (χ0v) is 11.2. The molecule has 1 aromatic rings. The van der Waals surface area contributed by atoms with Crippen LogP contribution in [-0.2, 0) is 4.79 Å². The second kappa shape index (κ2) is 5.95. The fourth-order valence-corrected chi connectivity index (χ4v) is 2.96. The summed E-state index contributed by atoms with van der Waals surface area (Å²) in [5, 5.41) is 10.9. The zero-order chi connectivity index (χ0) is 13.8. The summed E-state index contributed by atoms with van der Waals surface area (Å²) in [6.45, 7) is 1.81. The third-order valence-corrected chi connectivity index (χ3v) is 3.90. The van der Waals surface area contributed by atoms with Crippen molar-refractivity contribution >= 4 is 5.78 Å². The Labute approximate surface area is 113 Å². The van der Waals surface area contributed by atoms with Crippen LogP contribution in [0, 0.1) is 23.0 Å². The van der Waals surface area contributed by atoms with Crippen LogP contribution in [-0.4, -0.2) is 17.3 Å². The van der Waals surface area contributed by atoms with E-state index < -0.39 is 0 Å². The van der Waals surface area contributed by atoms with Gasteiger partial charge in [0.25, 0.3) is 0 Å². The molecule has 0 N–H and O–H groups in total. The predicted molar refractivity (Wildman–Crippen MR) is 72.7 cm³/mol. The summed E-state index contributed by atoms with van der Waals surface area (Å²) < 4.78 is 0. The number of hydrogen-bond acceptors (Lipinski definition) is 3. The highest BCUT2D eigenvalue weighted by Gasteiger charge is 2.34. The average Bonchev–Trinajstić information content (AvgIpc) is 2.37. The maximum absolute atomic E-state index is 12.1. The van der Waals surface area contributed by atoms with Crippen LogP contribution in [0.25, 0.3) is 0 Å². The van der Waals surface area contributed by atoms with Crippen molar-refractivity contribution in [3.05, 3.63) is 45.5 Å². The first kappa shape index (κ1) is 13.7. The number of ketones is 1. The van der Waals surface area contributed by atoms with Crippen molar-refractivity contribution in [1.29, 1.82) is 0 Å². The Bertz CT molecular complexity index is 484. The van der Waals surface area contributed by atoms with E-state index in [0.29, 0.717) is 6.42 Å². The van der Waals surface area contributed by atoms with Gasteiger partial charge in [-0.1, -0.05) is 36.2 Å². The van der Waals surface area contributed by atoms with Crippen LogP contribution in [0.5, 0.6) is 0 Å². The molecule has 0 heterocycles. The van der Waals surface area contributed by atoms with Crippen LogP contribution >= 0.6 is 0 Å². The molecule has 0 radical (unpaired) electrons. The molecule has 0 aliphatic heterocycles. The lowest BCUT2D eigenvalue weighted by Gasteiger charge is -2.27. The Morgan fingerprint density at radius 2 is 2.21 bits per heavy atom. The Kier molecular flexibility index (Phi) is 4.30. The number of benzene rings is 1. The highest BCUT2D eigenvalue weighted by Crippen LogP contribution is 2.34. The summed E-state index contributed by atoms with van der Waals surface area (Å²) >= 11 is 0. The monoisotopic (exact) mass is 261 g/mol. The summed E-state index contributed by atoms with van der Waals surface area (Å²) in [7, 11) is 0. The van der Waals surface area contributed by atoms with Gasteiger partial charge in [-0.3, -0.25) is 14.9 Å². The van der Waals surface area contributed by atoms with E-state index in [1.54, 1.807) is 0 Å². The lowest BCUT2D eigenvalue weighted by atomic mass is 9.76. The van der Waals surface area contributed by atoms with Gasteiger partial charge in [-0.25, -0.2) is 0 Å². The van der Waals surface area contributed by atoms with E-state index in [-0.39, 0.29) is 29.1 Å². The molecule has 0 bridgehead atoms. The molecule has 1 saturated carbocycles. The van der Waals surface area contributed by atoms with E-state index in [9.17, 15) is 14.9 Å². The van der Waals surface area contributed by atoms with Gasteiger partial charge in [0.1, 0.15) is 5.78 Å². The molecule has 2 rings (SSSR count). The van der Waals surface area contributed by atoms with E-state index in [2.05, 4.69) is 0 Å². The Morgan fingerprint density at radius 1 is 1.42 bits per heavy atom. The summed E-state index contributed by atoms with van der Waals surface area (Å²) in [6.07, 6.45) is 3.28. The highest BCUT2D eigenvalue weighted by atomic mass is 16.6. The van der Waals surface area contributed by atoms with Crippen molar-refractivity contribution in [2.75, 3.05) is 6.54 Å². The van der Waals surface area contributed by atoms with Gasteiger partial charge >= 0.3 is 0 Å². The van der Waals surface area contributed by atoms with E-state index >= 15 is 0 Å². The second-order valence-electron chi connectivity index (χ2n) is 5.35. The van der Waals surface area contributed by atoms with Gasteiger partial charge in [0.2, 0.25) is 6.54 Å². The number of carbonyl (C=O) groups excluding carboxylic acids is 1. The van der Waals surface area contributed by atoms with Gasteiger partial charge in [0, 0.05) is 17.3 Å². The minimum absolute atomic E-state index is 0.153. The number of rotatable bonds is 4. The first-order valence-electron chi connectivity index (χ1n) is 6.79. The molecule has 1 aromatic carbocycles. The number of nitro groups is 1. The van der Waals surface area contributed by atoms with Crippen LogP contribution < -0.4 is 0 Å². The lowest BCUT2D eigenvalue weighted by molar-refractivity contribution is -0.484. The quantitative estimate of drug-likeness (QED) is 0.618. The van der Waals surface area contributed by atoms with E-state index in [1.165, 1.54) is 0 Å². The van der Waals surface area contributed by atoms with Gasteiger partial charge in [0.15, 0.2) is 0 Å². The highest BCUT2D eigenvalue weighted by molar-refractivity contribution is 5.82. The third kappa shape index (κ3) is 3.40. The topological polar surface area (TPSA) is 60.2 Å². The summed E-state index contributed by atoms with van der Waals surface area (Å²) in [5.41, 5.74) is 2.01. The van der Waals surface area contributed by atoms with Gasteiger partial charge in [-0.15, -0.1) is 0 Å². The standard InChI is InChI=1S/C15H19NO3/c1-11-5-4-6-12(9-11)14(10-16(18)19)13-7-2-3-8-15(13)17/h4-6,9,13-14H,2-3,7-8,10H2,1H3/t13-,14?/m1/s1. The third-order valence-electron chi connectivity index (χ3n) is 3.90. The molecule has 2 atom stereocenters. The molecule has 0 saturated heterocycles. The first-order valence-corrected chi connectivity index (χ1v) is 6.79. The van der Waals surface area contributed by atoms with Gasteiger partial charge in [-0.2, -0.15) is 0 Å². The van der Waals surface area contributed by atoms with Crippen LogP contribution in [0.1, 0.15) is 42.7 Å². The fraction of sp³-hybridized carbons (Fsp3) is 0.533. The fourth-order valence-electron chi connectivity index (χ4n) is 2.96. The van der Waals surface area contributed by atoms with E-state index in [1.807, 2.05) is 31.2 Å². The van der Waals surface area contributed by atoms with E-state index in [4.69, 9.17) is 0 Å². The molecule has 1 aliphatic rings. The molecule has 1 aliphatic carbocycles. The van der Waals surface area contributed by atoms with Gasteiger partial charge in [0.05, 0.1) is 5.92 Å². The molecule has 19 heavy (non-hydrogen) atoms. The van der Waals surface area contributed by atoms with Gasteiger partial charge < -0.3 is 0 Å². The average molecular weight is 261 g/mol. The molecular formula is C15H19NO3. The van der Waals surface area contributed by atoms with Crippen molar-refractivity contribution in [2.24, 2.45) is 5.92 Å². The van der Waals surface area contributed by atoms with Crippen LogP contribution in [0.4, 0.5) is 0 Å². The molecule has 102 valence electrons. The zero-order valence-electron chi connectivity index (χ0n) is 11.2. The maximum atomic E-state index is 12.1. The van der Waals surface area contributed by atoms with Crippen LogP contribution in [0.15, 0.2) is 24.3 Å². The number of Topliss-reactive ketones (excluding diaryl/α,β-unsaturated/α-hetero) is 1. The van der Waals surface area contributed by atoms with Gasteiger partial charge in [-0.05, 0) is 25.3 Å². The first-order chi connectivity index (χ1) is 9.08. The maximum Gasteiger partial charge on any atom is 0.211 e. The largest absolute Gasteiger partial charge is 0.299 e. The molecule has 0 aromatic heterocycles. The summed E-state index contributed by atoms with van der Waals surface area (Å²) in [5.74, 6) is -0.261. The SMILES string of the molecule is Cc1cccc(C(C[N+](=O)[O-])[C@H]2CCCCC2=O)c1. The molecular weight excluding hydrogens is 242 g/mol. The molecule has 0 spiro atoms. The van der Waals surface area contributed by atoms with Crippen LogP contribution in [0.3, 0.4) is 0 Å². The van der Waals surface area contributed by atoms with Crippen molar-refractivity contribution in [2.45, 2.75) is 38.5 Å². The lowest BCUT2D eigenvalue weighted by Crippen LogP contribution is -2.30. The number of carbonyl (C=O) groups is 1.